The van der Waals surface area contributed by atoms with Crippen LogP contribution < -0.4 is 11.1 Å². The van der Waals surface area contributed by atoms with Crippen LogP contribution in [0.15, 0.2) is 0 Å². The Kier molecular flexibility index (Phi) is 4.90. The fourth-order valence-electron chi connectivity index (χ4n) is 1.62. The van der Waals surface area contributed by atoms with Gasteiger partial charge in [0.25, 0.3) is 0 Å². The number of hydrogen-bond donors (Lipinski definition) is 2. The second kappa shape index (κ2) is 5.98. The van der Waals surface area contributed by atoms with Gasteiger partial charge in [-0.1, -0.05) is 6.42 Å². The van der Waals surface area contributed by atoms with E-state index in [9.17, 15) is 4.79 Å². The number of amides is 1. The van der Waals surface area contributed by atoms with E-state index in [4.69, 9.17) is 10.5 Å². The summed E-state index contributed by atoms with van der Waals surface area (Å²) in [6.07, 6.45) is 4.33. The summed E-state index contributed by atoms with van der Waals surface area (Å²) in [7, 11) is 1.61. The summed E-state index contributed by atoms with van der Waals surface area (Å²) >= 11 is 0. The molecule has 1 saturated carbocycles. The van der Waals surface area contributed by atoms with Gasteiger partial charge >= 0.3 is 0 Å². The van der Waals surface area contributed by atoms with Crippen LogP contribution in [0.25, 0.3) is 0 Å². The topological polar surface area (TPSA) is 64.3 Å². The lowest BCUT2D eigenvalue weighted by molar-refractivity contribution is -0.123. The molecule has 0 radical (unpaired) electrons. The highest BCUT2D eigenvalue weighted by atomic mass is 16.5. The van der Waals surface area contributed by atoms with Crippen LogP contribution >= 0.6 is 0 Å². The fraction of sp³-hybridized carbons (Fsp3) is 0.900. The molecule has 0 heterocycles. The maximum absolute atomic E-state index is 11.5. The third-order valence-corrected chi connectivity index (χ3v) is 2.72. The summed E-state index contributed by atoms with van der Waals surface area (Å²) in [5.74, 6) is 0.721. The summed E-state index contributed by atoms with van der Waals surface area (Å²) < 4.78 is 4.95. The zero-order valence-corrected chi connectivity index (χ0v) is 8.79. The van der Waals surface area contributed by atoms with Crippen molar-refractivity contribution in [1.29, 1.82) is 0 Å². The minimum Gasteiger partial charge on any atom is -0.383 e. The Morgan fingerprint density at radius 2 is 2.36 bits per heavy atom. The van der Waals surface area contributed by atoms with Crippen molar-refractivity contribution >= 4 is 5.91 Å². The third-order valence-electron chi connectivity index (χ3n) is 2.72. The van der Waals surface area contributed by atoms with Crippen LogP contribution in [-0.2, 0) is 9.53 Å². The van der Waals surface area contributed by atoms with Gasteiger partial charge in [0, 0.05) is 20.1 Å². The van der Waals surface area contributed by atoms with Gasteiger partial charge in [0.2, 0.25) is 5.91 Å². The molecule has 14 heavy (non-hydrogen) atoms. The molecule has 4 nitrogen and oxygen atoms in total. The molecule has 0 spiro atoms. The summed E-state index contributed by atoms with van der Waals surface area (Å²) in [5.41, 5.74) is 5.49. The van der Waals surface area contributed by atoms with Gasteiger partial charge in [0.1, 0.15) is 0 Å². The van der Waals surface area contributed by atoms with Crippen LogP contribution in [0.2, 0.25) is 0 Å². The Morgan fingerprint density at radius 3 is 2.79 bits per heavy atom. The van der Waals surface area contributed by atoms with Crippen LogP contribution in [0.5, 0.6) is 0 Å². The lowest BCUT2D eigenvalue weighted by Crippen LogP contribution is -2.44. The average Bonchev–Trinajstić information content (AvgIpc) is 2.11. The number of hydrogen-bond acceptors (Lipinski definition) is 3. The number of nitrogens with one attached hydrogen (secondary N) is 1. The Labute approximate surface area is 85.2 Å². The second-order valence-electron chi connectivity index (χ2n) is 3.96. The fourth-order valence-corrected chi connectivity index (χ4v) is 1.62. The third kappa shape index (κ3) is 3.64. The maximum Gasteiger partial charge on any atom is 0.220 e. The molecule has 0 bridgehead atoms. The van der Waals surface area contributed by atoms with E-state index in [0.717, 1.165) is 0 Å². The van der Waals surface area contributed by atoms with Crippen molar-refractivity contribution in [3.05, 3.63) is 0 Å². The van der Waals surface area contributed by atoms with Crippen LogP contribution in [0.1, 0.15) is 25.7 Å². The molecule has 0 aromatic carbocycles. The number of methoxy groups -OCH3 is 1. The van der Waals surface area contributed by atoms with E-state index in [0.29, 0.717) is 25.5 Å². The van der Waals surface area contributed by atoms with Gasteiger partial charge < -0.3 is 15.8 Å². The van der Waals surface area contributed by atoms with Gasteiger partial charge in [-0.2, -0.15) is 0 Å². The van der Waals surface area contributed by atoms with Crippen molar-refractivity contribution < 1.29 is 9.53 Å². The first-order valence-electron chi connectivity index (χ1n) is 5.24. The molecule has 0 aromatic rings. The highest BCUT2D eigenvalue weighted by Gasteiger charge is 2.21. The van der Waals surface area contributed by atoms with Crippen molar-refractivity contribution in [3.8, 4) is 0 Å². The number of carbonyl (C=O) groups is 1. The number of ether oxygens (including phenoxy) is 1. The van der Waals surface area contributed by atoms with E-state index in [1.165, 1.54) is 19.3 Å². The van der Waals surface area contributed by atoms with E-state index in [1.807, 2.05) is 0 Å². The highest BCUT2D eigenvalue weighted by Crippen LogP contribution is 2.29. The van der Waals surface area contributed by atoms with Crippen LogP contribution in [-0.4, -0.2) is 32.2 Å². The summed E-state index contributed by atoms with van der Waals surface area (Å²) in [5, 5.41) is 2.88. The van der Waals surface area contributed by atoms with Crippen molar-refractivity contribution in [2.45, 2.75) is 31.7 Å². The number of rotatable bonds is 6. The van der Waals surface area contributed by atoms with E-state index >= 15 is 0 Å². The molecule has 82 valence electrons. The minimum atomic E-state index is -0.0347. The molecular formula is C10H20N2O2. The summed E-state index contributed by atoms with van der Waals surface area (Å²) in [4.78, 5) is 11.5. The molecule has 1 rings (SSSR count). The van der Waals surface area contributed by atoms with Gasteiger partial charge in [-0.15, -0.1) is 0 Å². The lowest BCUT2D eigenvalue weighted by Gasteiger charge is -2.25. The standard InChI is InChI=1S/C10H20N2O2/c1-14-7-9(6-11)12-10(13)5-8-3-2-4-8/h8-9H,2-7,11H2,1H3,(H,12,13). The van der Waals surface area contributed by atoms with E-state index in [1.54, 1.807) is 7.11 Å². The van der Waals surface area contributed by atoms with Crippen molar-refractivity contribution in [3.63, 3.8) is 0 Å². The Hall–Kier alpha value is -0.610. The van der Waals surface area contributed by atoms with Crippen molar-refractivity contribution in [1.82, 2.24) is 5.32 Å². The molecule has 4 heteroatoms. The highest BCUT2D eigenvalue weighted by molar-refractivity contribution is 5.76. The smallest absolute Gasteiger partial charge is 0.220 e. The summed E-state index contributed by atoms with van der Waals surface area (Å²) in [6, 6.07) is -0.0347. The molecule has 1 unspecified atom stereocenters. The van der Waals surface area contributed by atoms with E-state index in [-0.39, 0.29) is 11.9 Å². The van der Waals surface area contributed by atoms with Gasteiger partial charge in [-0.05, 0) is 18.8 Å². The van der Waals surface area contributed by atoms with Gasteiger partial charge in [0.05, 0.1) is 12.6 Å². The first-order valence-corrected chi connectivity index (χ1v) is 5.24. The minimum absolute atomic E-state index is 0.0347. The van der Waals surface area contributed by atoms with E-state index < -0.39 is 0 Å². The average molecular weight is 200 g/mol. The summed E-state index contributed by atoms with van der Waals surface area (Å²) in [6.45, 7) is 0.928. The molecular weight excluding hydrogens is 180 g/mol. The number of carbonyl (C=O) groups excluding carboxylic acids is 1. The molecule has 0 aliphatic heterocycles. The van der Waals surface area contributed by atoms with Gasteiger partial charge in [0.15, 0.2) is 0 Å². The molecule has 0 saturated heterocycles. The lowest BCUT2D eigenvalue weighted by atomic mass is 9.83. The largest absolute Gasteiger partial charge is 0.383 e. The quantitative estimate of drug-likeness (QED) is 0.646. The zero-order valence-electron chi connectivity index (χ0n) is 8.79. The molecule has 1 fully saturated rings. The SMILES string of the molecule is COCC(CN)NC(=O)CC1CCC1. The Balaban J connectivity index is 2.15. The Bertz CT molecular complexity index is 181. The van der Waals surface area contributed by atoms with Crippen molar-refractivity contribution in [2.75, 3.05) is 20.3 Å². The van der Waals surface area contributed by atoms with E-state index in [2.05, 4.69) is 5.32 Å². The molecule has 1 atom stereocenters. The molecule has 1 aliphatic carbocycles. The first-order chi connectivity index (χ1) is 6.76. The molecule has 1 aliphatic rings. The monoisotopic (exact) mass is 200 g/mol. The Morgan fingerprint density at radius 1 is 1.64 bits per heavy atom. The molecule has 1 amide bonds. The van der Waals surface area contributed by atoms with Crippen LogP contribution in [0.3, 0.4) is 0 Å². The van der Waals surface area contributed by atoms with Gasteiger partial charge in [-0.3, -0.25) is 4.79 Å². The second-order valence-corrected chi connectivity index (χ2v) is 3.96. The number of nitrogens with two attached hydrogens (primary N) is 1. The zero-order chi connectivity index (χ0) is 10.4. The van der Waals surface area contributed by atoms with Crippen LogP contribution in [0.4, 0.5) is 0 Å². The predicted octanol–water partition coefficient (Wildman–Crippen LogP) is 0.267. The van der Waals surface area contributed by atoms with Crippen molar-refractivity contribution in [2.24, 2.45) is 11.7 Å². The molecule has 0 aromatic heterocycles. The first kappa shape index (κ1) is 11.5. The normalized spacial score (nSPS) is 18.7. The predicted molar refractivity (Wildman–Crippen MR) is 54.8 cm³/mol. The maximum atomic E-state index is 11.5. The molecule has 3 N–H and O–H groups in total. The van der Waals surface area contributed by atoms with Crippen LogP contribution in [0, 0.1) is 5.92 Å². The van der Waals surface area contributed by atoms with Gasteiger partial charge in [-0.25, -0.2) is 0 Å².